The van der Waals surface area contributed by atoms with E-state index >= 15 is 0 Å². The second-order valence-electron chi connectivity index (χ2n) is 7.08. The third-order valence-corrected chi connectivity index (χ3v) is 7.81. The summed E-state index contributed by atoms with van der Waals surface area (Å²) >= 11 is 1.18. The lowest BCUT2D eigenvalue weighted by Gasteiger charge is -2.33. The molecular weight excluding hydrogens is 410 g/mol. The Balaban J connectivity index is 1.55. The topological polar surface area (TPSA) is 95.6 Å². The summed E-state index contributed by atoms with van der Waals surface area (Å²) in [5, 5.41) is 4.57. The third-order valence-electron chi connectivity index (χ3n) is 4.89. The normalized spacial score (nSPS) is 16.4. The molecule has 0 aliphatic carbocycles. The van der Waals surface area contributed by atoms with Crippen LogP contribution in [0.3, 0.4) is 0 Å². The van der Waals surface area contributed by atoms with Crippen LogP contribution in [0.2, 0.25) is 0 Å². The molecule has 1 atom stereocenters. The first-order valence-electron chi connectivity index (χ1n) is 9.51. The van der Waals surface area contributed by atoms with Crippen LogP contribution in [-0.2, 0) is 19.6 Å². The zero-order valence-corrected chi connectivity index (χ0v) is 17.8. The van der Waals surface area contributed by atoms with Gasteiger partial charge in [-0.05, 0) is 29.9 Å². The van der Waals surface area contributed by atoms with Gasteiger partial charge in [0.2, 0.25) is 21.8 Å². The summed E-state index contributed by atoms with van der Waals surface area (Å²) in [6, 6.07) is 12.1. The Bertz CT molecular complexity index is 922. The number of hydrogen-bond donors (Lipinski definition) is 2. The zero-order valence-electron chi connectivity index (χ0n) is 16.2. The fourth-order valence-electron chi connectivity index (χ4n) is 3.43. The minimum absolute atomic E-state index is 0.0489. The number of rotatable bonds is 7. The van der Waals surface area contributed by atoms with Crippen LogP contribution >= 0.6 is 11.3 Å². The van der Waals surface area contributed by atoms with Gasteiger partial charge in [-0.25, -0.2) is 13.1 Å². The van der Waals surface area contributed by atoms with Crippen LogP contribution in [0, 0.1) is 0 Å². The predicted octanol–water partition coefficient (Wildman–Crippen LogP) is 2.28. The molecule has 3 rings (SSSR count). The van der Waals surface area contributed by atoms with E-state index in [-0.39, 0.29) is 30.3 Å². The van der Waals surface area contributed by atoms with Crippen LogP contribution in [0.5, 0.6) is 0 Å². The summed E-state index contributed by atoms with van der Waals surface area (Å²) in [6.07, 6.45) is 1.30. The summed E-state index contributed by atoms with van der Waals surface area (Å²) in [5.41, 5.74) is 0.884. The molecule has 1 aromatic carbocycles. The monoisotopic (exact) mass is 435 g/mol. The molecule has 1 aliphatic rings. The molecule has 9 heteroatoms. The number of piperidine rings is 1. The number of amides is 2. The van der Waals surface area contributed by atoms with E-state index in [4.69, 9.17) is 0 Å². The van der Waals surface area contributed by atoms with Crippen LogP contribution in [0.25, 0.3) is 0 Å². The maximum atomic E-state index is 12.8. The van der Waals surface area contributed by atoms with E-state index < -0.39 is 10.0 Å². The second kappa shape index (κ2) is 9.51. The number of nitrogens with one attached hydrogen (secondary N) is 2. The van der Waals surface area contributed by atoms with Gasteiger partial charge in [-0.3, -0.25) is 9.59 Å². The van der Waals surface area contributed by atoms with Crippen molar-refractivity contribution in [3.8, 4) is 0 Å². The van der Waals surface area contributed by atoms with E-state index in [0.717, 1.165) is 5.56 Å². The van der Waals surface area contributed by atoms with E-state index in [0.29, 0.717) is 30.1 Å². The summed E-state index contributed by atoms with van der Waals surface area (Å²) in [4.78, 5) is 26.1. The van der Waals surface area contributed by atoms with E-state index in [1.807, 2.05) is 30.3 Å². The quantitative estimate of drug-likeness (QED) is 0.698. The van der Waals surface area contributed by atoms with E-state index in [9.17, 15) is 18.0 Å². The molecule has 1 saturated heterocycles. The van der Waals surface area contributed by atoms with Crippen molar-refractivity contribution in [1.82, 2.24) is 14.9 Å². The van der Waals surface area contributed by atoms with Gasteiger partial charge in [-0.1, -0.05) is 36.4 Å². The van der Waals surface area contributed by atoms with Crippen molar-refractivity contribution in [2.45, 2.75) is 42.5 Å². The van der Waals surface area contributed by atoms with E-state index in [2.05, 4.69) is 10.0 Å². The molecule has 0 radical (unpaired) electrons. The minimum Gasteiger partial charge on any atom is -0.349 e. The van der Waals surface area contributed by atoms with Crippen molar-refractivity contribution in [2.24, 2.45) is 0 Å². The molecule has 1 unspecified atom stereocenters. The number of likely N-dealkylation sites (tertiary alicyclic amines) is 1. The fraction of sp³-hybridized carbons (Fsp3) is 0.400. The smallest absolute Gasteiger partial charge is 0.250 e. The molecule has 0 saturated carbocycles. The SMILES string of the molecule is CC(=O)NC(CC(=O)N1CCC(NS(=O)(=O)c2cccs2)CC1)c1ccccc1. The van der Waals surface area contributed by atoms with Crippen molar-refractivity contribution in [3.63, 3.8) is 0 Å². The van der Waals surface area contributed by atoms with Gasteiger partial charge in [0.05, 0.1) is 12.5 Å². The molecule has 2 amide bonds. The maximum Gasteiger partial charge on any atom is 0.250 e. The fourth-order valence-corrected chi connectivity index (χ4v) is 5.74. The number of sulfonamides is 1. The molecule has 0 spiro atoms. The largest absolute Gasteiger partial charge is 0.349 e. The standard InChI is InChI=1S/C20H25N3O4S2/c1-15(24)21-18(16-6-3-2-4-7-16)14-19(25)23-11-9-17(10-12-23)22-29(26,27)20-8-5-13-28-20/h2-8,13,17-18,22H,9-12,14H2,1H3,(H,21,24). The van der Waals surface area contributed by atoms with Crippen molar-refractivity contribution in [3.05, 3.63) is 53.4 Å². The number of hydrogen-bond acceptors (Lipinski definition) is 5. The lowest BCUT2D eigenvalue weighted by molar-refractivity contribution is -0.133. The molecule has 1 aliphatic heterocycles. The van der Waals surface area contributed by atoms with Crippen LogP contribution < -0.4 is 10.0 Å². The van der Waals surface area contributed by atoms with E-state index in [1.54, 1.807) is 22.4 Å². The highest BCUT2D eigenvalue weighted by Gasteiger charge is 2.28. The average molecular weight is 436 g/mol. The van der Waals surface area contributed by atoms with Gasteiger partial charge in [-0.15, -0.1) is 11.3 Å². The summed E-state index contributed by atoms with van der Waals surface area (Å²) < 4.78 is 27.8. The third kappa shape index (κ3) is 5.88. The molecule has 2 aromatic rings. The van der Waals surface area contributed by atoms with Crippen molar-refractivity contribution >= 4 is 33.2 Å². The highest BCUT2D eigenvalue weighted by molar-refractivity contribution is 7.91. The van der Waals surface area contributed by atoms with Crippen molar-refractivity contribution in [1.29, 1.82) is 0 Å². The zero-order chi connectivity index (χ0) is 20.9. The van der Waals surface area contributed by atoms with Crippen LogP contribution in [0.1, 0.15) is 37.8 Å². The first kappa shape index (κ1) is 21.5. The number of nitrogens with zero attached hydrogens (tertiary/aromatic N) is 1. The molecule has 2 N–H and O–H groups in total. The van der Waals surface area contributed by atoms with Gasteiger partial charge in [0.25, 0.3) is 0 Å². The average Bonchev–Trinajstić information content (AvgIpc) is 3.24. The summed E-state index contributed by atoms with van der Waals surface area (Å²) in [7, 11) is -3.51. The highest BCUT2D eigenvalue weighted by atomic mass is 32.2. The second-order valence-corrected chi connectivity index (χ2v) is 9.96. The number of carbonyl (C=O) groups is 2. The maximum absolute atomic E-state index is 12.8. The lowest BCUT2D eigenvalue weighted by Crippen LogP contribution is -2.47. The Kier molecular flexibility index (Phi) is 7.05. The number of carbonyl (C=O) groups excluding carboxylic acids is 2. The number of benzene rings is 1. The Labute approximate surface area is 175 Å². The molecule has 1 aromatic heterocycles. The molecule has 1 fully saturated rings. The number of thiophene rings is 1. The first-order valence-corrected chi connectivity index (χ1v) is 11.9. The highest BCUT2D eigenvalue weighted by Crippen LogP contribution is 2.21. The summed E-state index contributed by atoms with van der Waals surface area (Å²) in [5.74, 6) is -0.236. The van der Waals surface area contributed by atoms with Gasteiger partial charge in [0.15, 0.2) is 0 Å². The summed E-state index contributed by atoms with van der Waals surface area (Å²) in [6.45, 7) is 2.40. The van der Waals surface area contributed by atoms with Crippen molar-refractivity contribution in [2.75, 3.05) is 13.1 Å². The van der Waals surface area contributed by atoms with Gasteiger partial charge in [0.1, 0.15) is 4.21 Å². The Morgan fingerprint density at radius 3 is 2.41 bits per heavy atom. The molecule has 2 heterocycles. The minimum atomic E-state index is -3.51. The molecule has 29 heavy (non-hydrogen) atoms. The van der Waals surface area contributed by atoms with E-state index in [1.165, 1.54) is 18.3 Å². The van der Waals surface area contributed by atoms with Crippen LogP contribution in [0.15, 0.2) is 52.1 Å². The van der Waals surface area contributed by atoms with Gasteiger partial charge in [-0.2, -0.15) is 0 Å². The van der Waals surface area contributed by atoms with Crippen LogP contribution in [0.4, 0.5) is 0 Å². The first-order chi connectivity index (χ1) is 13.8. The Hall–Kier alpha value is -2.23. The predicted molar refractivity (Wildman–Crippen MR) is 112 cm³/mol. The molecular formula is C20H25N3O4S2. The van der Waals surface area contributed by atoms with Crippen molar-refractivity contribution < 1.29 is 18.0 Å². The lowest BCUT2D eigenvalue weighted by atomic mass is 10.0. The molecule has 7 nitrogen and oxygen atoms in total. The van der Waals surface area contributed by atoms with Crippen LogP contribution in [-0.4, -0.2) is 44.3 Å². The Morgan fingerprint density at radius 1 is 1.14 bits per heavy atom. The van der Waals surface area contributed by atoms with Gasteiger partial charge in [0, 0.05) is 26.1 Å². The molecule has 156 valence electrons. The van der Waals surface area contributed by atoms with Gasteiger partial charge >= 0.3 is 0 Å². The molecule has 0 bridgehead atoms. The Morgan fingerprint density at radius 2 is 1.83 bits per heavy atom. The van der Waals surface area contributed by atoms with Gasteiger partial charge < -0.3 is 10.2 Å².